The lowest BCUT2D eigenvalue weighted by molar-refractivity contribution is -0.148. The number of carbonyl (C=O) groups excluding carboxylic acids is 2. The van der Waals surface area contributed by atoms with Crippen LogP contribution in [0.3, 0.4) is 0 Å². The van der Waals surface area contributed by atoms with Gasteiger partial charge in [-0.05, 0) is 17.7 Å². The first-order chi connectivity index (χ1) is 12.5. The average Bonchev–Trinajstić information content (AvgIpc) is 3.20. The van der Waals surface area contributed by atoms with Gasteiger partial charge in [0.1, 0.15) is 0 Å². The number of carboxylic acids is 1. The Morgan fingerprint density at radius 3 is 2.85 bits per heavy atom. The molecule has 1 atom stereocenters. The Kier molecular flexibility index (Phi) is 5.04. The molecule has 0 saturated heterocycles. The molecule has 1 unspecified atom stereocenters. The molecule has 8 nitrogen and oxygen atoms in total. The van der Waals surface area contributed by atoms with Gasteiger partial charge in [-0.1, -0.05) is 18.2 Å². The lowest BCUT2D eigenvalue weighted by Gasteiger charge is -2.17. The summed E-state index contributed by atoms with van der Waals surface area (Å²) < 4.78 is 10.0. The van der Waals surface area contributed by atoms with Gasteiger partial charge < -0.3 is 24.5 Å². The summed E-state index contributed by atoms with van der Waals surface area (Å²) in [6, 6.07) is 9.10. The second-order valence-electron chi connectivity index (χ2n) is 5.83. The molecule has 136 valence electrons. The van der Waals surface area contributed by atoms with E-state index < -0.39 is 18.0 Å². The summed E-state index contributed by atoms with van der Waals surface area (Å²) in [6.07, 6.45) is 0.537. The Hall–Kier alpha value is -3.13. The molecule has 1 aromatic heterocycles. The van der Waals surface area contributed by atoms with Crippen molar-refractivity contribution in [3.8, 4) is 0 Å². The number of furan rings is 1. The van der Waals surface area contributed by atoms with Crippen LogP contribution in [0.15, 0.2) is 41.0 Å². The number of fused-ring (bicyclic) bond motifs is 1. The molecular weight excluding hydrogens is 340 g/mol. The van der Waals surface area contributed by atoms with Crippen molar-refractivity contribution < 1.29 is 28.6 Å². The Morgan fingerprint density at radius 2 is 2.12 bits per heavy atom. The van der Waals surface area contributed by atoms with Crippen LogP contribution in [0.5, 0.6) is 0 Å². The van der Waals surface area contributed by atoms with Crippen molar-refractivity contribution >= 4 is 23.5 Å². The van der Waals surface area contributed by atoms with E-state index in [-0.39, 0.29) is 24.8 Å². The zero-order valence-corrected chi connectivity index (χ0v) is 14.1. The minimum Gasteiger partial charge on any atom is -0.479 e. The number of aliphatic carboxylic acids is 1. The van der Waals surface area contributed by atoms with Gasteiger partial charge >= 0.3 is 5.97 Å². The molecule has 0 fully saturated rings. The van der Waals surface area contributed by atoms with E-state index in [2.05, 4.69) is 5.32 Å². The van der Waals surface area contributed by atoms with Gasteiger partial charge in [0.25, 0.3) is 5.91 Å². The first-order valence-corrected chi connectivity index (χ1v) is 7.99. The molecule has 0 radical (unpaired) electrons. The second-order valence-corrected chi connectivity index (χ2v) is 5.83. The van der Waals surface area contributed by atoms with E-state index in [1.54, 1.807) is 11.0 Å². The minimum atomic E-state index is -1.17. The molecule has 0 saturated carbocycles. The van der Waals surface area contributed by atoms with Gasteiger partial charge in [0.15, 0.2) is 11.9 Å². The molecule has 0 spiro atoms. The second kappa shape index (κ2) is 7.40. The van der Waals surface area contributed by atoms with Crippen molar-refractivity contribution in [1.82, 2.24) is 5.32 Å². The van der Waals surface area contributed by atoms with Crippen LogP contribution in [0.1, 0.15) is 21.7 Å². The summed E-state index contributed by atoms with van der Waals surface area (Å²) in [7, 11) is 1.25. The van der Waals surface area contributed by atoms with E-state index in [4.69, 9.17) is 14.3 Å². The van der Waals surface area contributed by atoms with Crippen LogP contribution >= 0.6 is 0 Å². The van der Waals surface area contributed by atoms with E-state index in [1.807, 2.05) is 24.3 Å². The highest BCUT2D eigenvalue weighted by Gasteiger charge is 2.29. The molecule has 8 heteroatoms. The molecule has 1 aliphatic heterocycles. The number of hydrogen-bond acceptors (Lipinski definition) is 5. The van der Waals surface area contributed by atoms with Gasteiger partial charge in [0.05, 0.1) is 25.8 Å². The van der Waals surface area contributed by atoms with Crippen LogP contribution in [-0.2, 0) is 27.3 Å². The zero-order chi connectivity index (χ0) is 18.7. The Labute approximate surface area is 149 Å². The minimum absolute atomic E-state index is 0.0439. The Balaban J connectivity index is 1.72. The number of ether oxygens (including phenoxy) is 1. The smallest absolute Gasteiger partial charge is 0.334 e. The number of amides is 2. The highest BCUT2D eigenvalue weighted by molar-refractivity contribution is 6.01. The highest BCUT2D eigenvalue weighted by Crippen LogP contribution is 2.30. The van der Waals surface area contributed by atoms with Crippen LogP contribution < -0.4 is 10.2 Å². The van der Waals surface area contributed by atoms with Gasteiger partial charge in [-0.2, -0.15) is 0 Å². The van der Waals surface area contributed by atoms with Gasteiger partial charge in [-0.15, -0.1) is 0 Å². The molecule has 2 N–H and O–H groups in total. The summed E-state index contributed by atoms with van der Waals surface area (Å²) in [5, 5.41) is 11.4. The van der Waals surface area contributed by atoms with Crippen molar-refractivity contribution in [1.29, 1.82) is 0 Å². The van der Waals surface area contributed by atoms with Crippen molar-refractivity contribution in [2.75, 3.05) is 18.6 Å². The first kappa shape index (κ1) is 17.7. The van der Waals surface area contributed by atoms with Gasteiger partial charge in [0.2, 0.25) is 5.91 Å². The number of anilines is 1. The maximum Gasteiger partial charge on any atom is 0.334 e. The number of para-hydroxylation sites is 1. The van der Waals surface area contributed by atoms with Crippen LogP contribution in [-0.4, -0.2) is 42.6 Å². The maximum absolute atomic E-state index is 12.3. The predicted molar refractivity (Wildman–Crippen MR) is 90.8 cm³/mol. The van der Waals surface area contributed by atoms with E-state index in [9.17, 15) is 14.4 Å². The Morgan fingerprint density at radius 1 is 1.35 bits per heavy atom. The van der Waals surface area contributed by atoms with Crippen LogP contribution in [0.4, 0.5) is 5.69 Å². The average molecular weight is 358 g/mol. The molecule has 2 heterocycles. The Bertz CT molecular complexity index is 844. The molecule has 1 aromatic carbocycles. The first-order valence-electron chi connectivity index (χ1n) is 7.99. The van der Waals surface area contributed by atoms with E-state index in [1.165, 1.54) is 13.4 Å². The number of carbonyl (C=O) groups is 3. The fourth-order valence-electron chi connectivity index (χ4n) is 2.86. The monoisotopic (exact) mass is 358 g/mol. The van der Waals surface area contributed by atoms with Gasteiger partial charge in [0, 0.05) is 18.4 Å². The lowest BCUT2D eigenvalue weighted by atomic mass is 10.1. The van der Waals surface area contributed by atoms with Crippen LogP contribution in [0, 0.1) is 0 Å². The number of hydrogen-bond donors (Lipinski definition) is 2. The van der Waals surface area contributed by atoms with E-state index in [0.717, 1.165) is 11.3 Å². The van der Waals surface area contributed by atoms with E-state index in [0.29, 0.717) is 12.0 Å². The van der Waals surface area contributed by atoms with Crippen LogP contribution in [0.25, 0.3) is 0 Å². The number of nitrogens with one attached hydrogen (secondary N) is 1. The fourth-order valence-corrected chi connectivity index (χ4v) is 2.86. The molecule has 2 amide bonds. The topological polar surface area (TPSA) is 109 Å². The van der Waals surface area contributed by atoms with Crippen LogP contribution in [0.2, 0.25) is 0 Å². The molecular formula is C18H18N2O6. The van der Waals surface area contributed by atoms with Crippen molar-refractivity contribution in [3.63, 3.8) is 0 Å². The summed E-state index contributed by atoms with van der Waals surface area (Å²) in [6.45, 7) is -0.00196. The van der Waals surface area contributed by atoms with Crippen molar-refractivity contribution in [2.45, 2.75) is 19.1 Å². The summed E-state index contributed by atoms with van der Waals surface area (Å²) in [5.74, 6) is -1.74. The summed E-state index contributed by atoms with van der Waals surface area (Å²) in [5.41, 5.74) is 2.30. The largest absolute Gasteiger partial charge is 0.479 e. The molecule has 1 aliphatic rings. The number of benzene rings is 1. The maximum atomic E-state index is 12.3. The van der Waals surface area contributed by atoms with Gasteiger partial charge in [-0.25, -0.2) is 4.79 Å². The van der Waals surface area contributed by atoms with Crippen molar-refractivity contribution in [3.05, 3.63) is 53.5 Å². The quantitative estimate of drug-likeness (QED) is 0.770. The number of nitrogens with zero attached hydrogens (tertiary/aromatic N) is 1. The molecule has 0 bridgehead atoms. The molecule has 26 heavy (non-hydrogen) atoms. The highest BCUT2D eigenvalue weighted by atomic mass is 16.5. The molecule has 0 aliphatic carbocycles. The third kappa shape index (κ3) is 3.45. The number of methoxy groups -OCH3 is 1. The summed E-state index contributed by atoms with van der Waals surface area (Å²) in [4.78, 5) is 37.1. The predicted octanol–water partition coefficient (Wildman–Crippen LogP) is 1.20. The van der Waals surface area contributed by atoms with E-state index >= 15 is 0 Å². The number of carboxylic acid groups (broad SMARTS) is 1. The lowest BCUT2D eigenvalue weighted by Crippen LogP contribution is -2.38. The van der Waals surface area contributed by atoms with Crippen molar-refractivity contribution in [2.24, 2.45) is 0 Å². The fraction of sp³-hybridized carbons (Fsp3) is 0.278. The third-order valence-corrected chi connectivity index (χ3v) is 4.21. The van der Waals surface area contributed by atoms with Gasteiger partial charge in [-0.3, -0.25) is 9.59 Å². The third-order valence-electron chi connectivity index (χ3n) is 4.21. The normalized spacial score (nSPS) is 14.2. The summed E-state index contributed by atoms with van der Waals surface area (Å²) >= 11 is 0. The molecule has 3 rings (SSSR count). The number of rotatable bonds is 7. The zero-order valence-electron chi connectivity index (χ0n) is 14.1. The standard InChI is InChI=1S/C18H18N2O6/c1-25-14(18(23)24)9-19-17(22)16-12(6-7-26-16)10-20-13-5-3-2-4-11(13)8-15(20)21/h2-7,14H,8-10H2,1H3,(H,19,22)(H,23,24). The SMILES string of the molecule is COC(CNC(=O)c1occc1CN1C(=O)Cc2ccccc21)C(=O)O. The molecule has 2 aromatic rings.